The van der Waals surface area contributed by atoms with Crippen molar-refractivity contribution >= 4 is 24.0 Å². The van der Waals surface area contributed by atoms with Crippen LogP contribution in [0, 0.1) is 11.7 Å². The lowest BCUT2D eigenvalue weighted by Gasteiger charge is -2.13. The zero-order valence-electron chi connectivity index (χ0n) is 12.3. The number of anilines is 1. The van der Waals surface area contributed by atoms with Crippen LogP contribution in [0.3, 0.4) is 0 Å². The van der Waals surface area contributed by atoms with Crippen LogP contribution in [0.25, 0.3) is 0 Å². The molecule has 1 aliphatic rings. The zero-order chi connectivity index (χ0) is 14.7. The van der Waals surface area contributed by atoms with Gasteiger partial charge < -0.3 is 15.8 Å². The van der Waals surface area contributed by atoms with Crippen molar-refractivity contribution in [3.8, 4) is 5.75 Å². The fourth-order valence-corrected chi connectivity index (χ4v) is 2.43. The fraction of sp³-hybridized carbons (Fsp3) is 0.533. The summed E-state index contributed by atoms with van der Waals surface area (Å²) in [4.78, 5) is 12.0. The molecule has 118 valence electrons. The fourth-order valence-electron chi connectivity index (χ4n) is 2.43. The summed E-state index contributed by atoms with van der Waals surface area (Å²) in [5, 5.41) is 2.63. The van der Waals surface area contributed by atoms with Crippen LogP contribution in [-0.2, 0) is 4.79 Å². The summed E-state index contributed by atoms with van der Waals surface area (Å²) in [7, 11) is 0. The van der Waals surface area contributed by atoms with E-state index in [1.54, 1.807) is 6.07 Å². The number of nitrogens with one attached hydrogen (secondary N) is 1. The summed E-state index contributed by atoms with van der Waals surface area (Å²) in [6, 6.07) is 4.55. The van der Waals surface area contributed by atoms with Gasteiger partial charge in [-0.1, -0.05) is 0 Å². The predicted molar refractivity (Wildman–Crippen MR) is 83.4 cm³/mol. The molecule has 0 heterocycles. The van der Waals surface area contributed by atoms with E-state index in [0.29, 0.717) is 12.2 Å². The maximum Gasteiger partial charge on any atom is 0.227 e. The third kappa shape index (κ3) is 4.86. The van der Waals surface area contributed by atoms with Gasteiger partial charge >= 0.3 is 0 Å². The molecule has 6 heteroatoms. The highest BCUT2D eigenvalue weighted by Gasteiger charge is 2.28. The quantitative estimate of drug-likeness (QED) is 0.897. The Morgan fingerprint density at radius 3 is 2.67 bits per heavy atom. The van der Waals surface area contributed by atoms with Gasteiger partial charge in [0.05, 0.1) is 11.8 Å². The Kier molecular flexibility index (Phi) is 6.42. The van der Waals surface area contributed by atoms with E-state index in [1.165, 1.54) is 12.1 Å². The van der Waals surface area contributed by atoms with Gasteiger partial charge in [-0.2, -0.15) is 0 Å². The van der Waals surface area contributed by atoms with E-state index in [1.807, 2.05) is 13.8 Å². The van der Waals surface area contributed by atoms with Gasteiger partial charge in [-0.25, -0.2) is 4.39 Å². The number of carbonyl (C=O) groups excluding carboxylic acids is 1. The molecule has 21 heavy (non-hydrogen) atoms. The van der Waals surface area contributed by atoms with Gasteiger partial charge in [0, 0.05) is 18.0 Å². The van der Waals surface area contributed by atoms with Gasteiger partial charge in [0.15, 0.2) is 0 Å². The maximum absolute atomic E-state index is 13.9. The Labute approximate surface area is 130 Å². The van der Waals surface area contributed by atoms with Crippen LogP contribution >= 0.6 is 12.4 Å². The van der Waals surface area contributed by atoms with Crippen molar-refractivity contribution in [3.05, 3.63) is 24.0 Å². The Hall–Kier alpha value is -1.33. The Bertz CT molecular complexity index is 497. The molecular weight excluding hydrogens is 295 g/mol. The monoisotopic (exact) mass is 316 g/mol. The molecule has 2 atom stereocenters. The molecule has 0 aliphatic heterocycles. The first kappa shape index (κ1) is 17.7. The zero-order valence-corrected chi connectivity index (χ0v) is 13.1. The maximum atomic E-state index is 13.9. The van der Waals surface area contributed by atoms with Crippen LogP contribution < -0.4 is 15.8 Å². The standard InChI is InChI=1S/C15H21FN2O2.ClH/c1-9(2)20-12-5-6-14(13(16)8-12)18-15(19)10-3-4-11(17)7-10;/h5-6,8-11H,3-4,7,17H2,1-2H3,(H,18,19);1H. The van der Waals surface area contributed by atoms with E-state index < -0.39 is 5.82 Å². The molecule has 0 bridgehead atoms. The third-order valence-electron chi connectivity index (χ3n) is 3.41. The molecular formula is C15H22ClFN2O2. The molecule has 1 aromatic carbocycles. The van der Waals surface area contributed by atoms with Crippen LogP contribution in [0.2, 0.25) is 0 Å². The molecule has 0 spiro atoms. The Morgan fingerprint density at radius 1 is 1.43 bits per heavy atom. The average Bonchev–Trinajstić information content (AvgIpc) is 2.78. The molecule has 2 unspecified atom stereocenters. The minimum Gasteiger partial charge on any atom is -0.491 e. The Morgan fingerprint density at radius 2 is 2.14 bits per heavy atom. The van der Waals surface area contributed by atoms with Crippen molar-refractivity contribution in [3.63, 3.8) is 0 Å². The van der Waals surface area contributed by atoms with Gasteiger partial charge in [0.25, 0.3) is 0 Å². The van der Waals surface area contributed by atoms with Crippen LogP contribution in [0.1, 0.15) is 33.1 Å². The second-order valence-electron chi connectivity index (χ2n) is 5.57. The summed E-state index contributed by atoms with van der Waals surface area (Å²) in [5.74, 6) is -0.303. The topological polar surface area (TPSA) is 64.3 Å². The highest BCUT2D eigenvalue weighted by atomic mass is 35.5. The van der Waals surface area contributed by atoms with Gasteiger partial charge in [-0.05, 0) is 45.2 Å². The molecule has 2 rings (SSSR count). The van der Waals surface area contributed by atoms with E-state index in [0.717, 1.165) is 12.8 Å². The predicted octanol–water partition coefficient (Wildman–Crippen LogP) is 3.10. The first-order valence-corrected chi connectivity index (χ1v) is 6.98. The van der Waals surface area contributed by atoms with Crippen molar-refractivity contribution in [1.29, 1.82) is 0 Å². The van der Waals surface area contributed by atoms with Crippen LogP contribution in [0.15, 0.2) is 18.2 Å². The number of nitrogens with two attached hydrogens (primary N) is 1. The van der Waals surface area contributed by atoms with Crippen molar-refractivity contribution in [1.82, 2.24) is 0 Å². The number of benzene rings is 1. The largest absolute Gasteiger partial charge is 0.491 e. The lowest BCUT2D eigenvalue weighted by atomic mass is 10.1. The van der Waals surface area contributed by atoms with E-state index >= 15 is 0 Å². The van der Waals surface area contributed by atoms with E-state index in [-0.39, 0.29) is 42.1 Å². The second kappa shape index (κ2) is 7.61. The van der Waals surface area contributed by atoms with Crippen molar-refractivity contribution in [2.24, 2.45) is 11.7 Å². The molecule has 1 saturated carbocycles. The normalized spacial score (nSPS) is 21.0. The third-order valence-corrected chi connectivity index (χ3v) is 3.41. The van der Waals surface area contributed by atoms with Crippen LogP contribution in [0.4, 0.5) is 10.1 Å². The number of amides is 1. The summed E-state index contributed by atoms with van der Waals surface area (Å²) >= 11 is 0. The van der Waals surface area contributed by atoms with E-state index in [9.17, 15) is 9.18 Å². The lowest BCUT2D eigenvalue weighted by molar-refractivity contribution is -0.119. The van der Waals surface area contributed by atoms with E-state index in [4.69, 9.17) is 10.5 Å². The number of hydrogen-bond acceptors (Lipinski definition) is 3. The molecule has 0 radical (unpaired) electrons. The number of hydrogen-bond donors (Lipinski definition) is 2. The molecule has 1 fully saturated rings. The van der Waals surface area contributed by atoms with Gasteiger partial charge in [0.2, 0.25) is 5.91 Å². The number of ether oxygens (including phenoxy) is 1. The summed E-state index contributed by atoms with van der Waals surface area (Å²) < 4.78 is 19.3. The number of halogens is 2. The first-order chi connectivity index (χ1) is 9.45. The van der Waals surface area contributed by atoms with E-state index in [2.05, 4.69) is 5.32 Å². The molecule has 0 saturated heterocycles. The summed E-state index contributed by atoms with van der Waals surface area (Å²) in [6.07, 6.45) is 2.27. The molecule has 3 N–H and O–H groups in total. The molecule has 1 amide bonds. The molecule has 1 aromatic rings. The molecule has 4 nitrogen and oxygen atoms in total. The highest BCUT2D eigenvalue weighted by molar-refractivity contribution is 5.92. The smallest absolute Gasteiger partial charge is 0.227 e. The molecule has 1 aliphatic carbocycles. The highest BCUT2D eigenvalue weighted by Crippen LogP contribution is 2.27. The Balaban J connectivity index is 0.00000220. The first-order valence-electron chi connectivity index (χ1n) is 6.98. The van der Waals surface area contributed by atoms with Crippen molar-refractivity contribution in [2.75, 3.05) is 5.32 Å². The van der Waals surface area contributed by atoms with Gasteiger partial charge in [0.1, 0.15) is 11.6 Å². The molecule has 0 aromatic heterocycles. The minimum absolute atomic E-state index is 0. The van der Waals surface area contributed by atoms with Gasteiger partial charge in [-0.3, -0.25) is 4.79 Å². The van der Waals surface area contributed by atoms with Crippen molar-refractivity contribution in [2.45, 2.75) is 45.3 Å². The average molecular weight is 317 g/mol. The summed E-state index contributed by atoms with van der Waals surface area (Å²) in [6.45, 7) is 3.74. The number of carbonyl (C=O) groups is 1. The lowest BCUT2D eigenvalue weighted by Crippen LogP contribution is -2.23. The SMILES string of the molecule is CC(C)Oc1ccc(NC(=O)C2CCC(N)C2)c(F)c1.Cl. The second-order valence-corrected chi connectivity index (χ2v) is 5.57. The van der Waals surface area contributed by atoms with Crippen molar-refractivity contribution < 1.29 is 13.9 Å². The van der Waals surface area contributed by atoms with Crippen LogP contribution in [-0.4, -0.2) is 18.1 Å². The summed E-state index contributed by atoms with van der Waals surface area (Å²) in [5.41, 5.74) is 5.97. The number of rotatable bonds is 4. The van der Waals surface area contributed by atoms with Gasteiger partial charge in [-0.15, -0.1) is 12.4 Å². The van der Waals surface area contributed by atoms with Crippen LogP contribution in [0.5, 0.6) is 5.75 Å². The minimum atomic E-state index is -0.487.